The number of aromatic nitrogens is 1. The summed E-state index contributed by atoms with van der Waals surface area (Å²) < 4.78 is 10.4. The number of hydrogen-bond acceptors (Lipinski definition) is 3. The summed E-state index contributed by atoms with van der Waals surface area (Å²) in [4.78, 5) is 4.13. The molecule has 1 aromatic carbocycles. The van der Waals surface area contributed by atoms with Gasteiger partial charge in [0.05, 0.1) is 25.4 Å². The standard InChI is InChI=1S/C11H10ClNO2/c1-14-9-6-13-11(15-2)7-4-3-5-8(12)10(7)9/h3-6H,1-2H3. The van der Waals surface area contributed by atoms with Crippen molar-refractivity contribution in [1.82, 2.24) is 4.98 Å². The third-order valence-electron chi connectivity index (χ3n) is 2.20. The van der Waals surface area contributed by atoms with Crippen LogP contribution in [0.25, 0.3) is 10.8 Å². The van der Waals surface area contributed by atoms with Crippen molar-refractivity contribution < 1.29 is 9.47 Å². The molecule has 78 valence electrons. The summed E-state index contributed by atoms with van der Waals surface area (Å²) in [5.74, 6) is 1.20. The Labute approximate surface area is 92.6 Å². The molecular weight excluding hydrogens is 214 g/mol. The van der Waals surface area contributed by atoms with E-state index in [1.807, 2.05) is 18.2 Å². The molecule has 0 bridgehead atoms. The van der Waals surface area contributed by atoms with Gasteiger partial charge in [0.25, 0.3) is 0 Å². The Kier molecular flexibility index (Phi) is 2.64. The Balaban J connectivity index is 2.86. The van der Waals surface area contributed by atoms with Crippen LogP contribution < -0.4 is 9.47 Å². The minimum absolute atomic E-state index is 0.549. The average Bonchev–Trinajstić information content (AvgIpc) is 2.28. The SMILES string of the molecule is COc1ncc(OC)c2c(Cl)cccc12. The second kappa shape index (κ2) is 3.95. The summed E-state index contributed by atoms with van der Waals surface area (Å²) >= 11 is 6.11. The van der Waals surface area contributed by atoms with Gasteiger partial charge in [-0.1, -0.05) is 17.7 Å². The lowest BCUT2D eigenvalue weighted by Crippen LogP contribution is -1.92. The molecule has 0 saturated carbocycles. The highest BCUT2D eigenvalue weighted by Crippen LogP contribution is 2.35. The molecule has 0 amide bonds. The van der Waals surface area contributed by atoms with Crippen molar-refractivity contribution in [3.63, 3.8) is 0 Å². The zero-order chi connectivity index (χ0) is 10.8. The van der Waals surface area contributed by atoms with E-state index in [4.69, 9.17) is 21.1 Å². The molecule has 0 aliphatic heterocycles. The van der Waals surface area contributed by atoms with Crippen molar-refractivity contribution in [2.75, 3.05) is 14.2 Å². The van der Waals surface area contributed by atoms with Gasteiger partial charge in [0.1, 0.15) is 5.75 Å². The van der Waals surface area contributed by atoms with Gasteiger partial charge in [-0.25, -0.2) is 4.98 Å². The molecule has 15 heavy (non-hydrogen) atoms. The highest BCUT2D eigenvalue weighted by Gasteiger charge is 2.10. The van der Waals surface area contributed by atoms with Crippen molar-refractivity contribution in [2.45, 2.75) is 0 Å². The maximum Gasteiger partial charge on any atom is 0.221 e. The number of ether oxygens (including phenoxy) is 2. The van der Waals surface area contributed by atoms with Gasteiger partial charge in [-0.05, 0) is 12.1 Å². The molecular formula is C11H10ClNO2. The van der Waals surface area contributed by atoms with E-state index >= 15 is 0 Å². The number of benzene rings is 1. The molecule has 1 aromatic heterocycles. The summed E-state index contributed by atoms with van der Waals surface area (Å²) in [6.45, 7) is 0. The molecule has 0 N–H and O–H groups in total. The number of hydrogen-bond donors (Lipinski definition) is 0. The number of nitrogens with zero attached hydrogens (tertiary/aromatic N) is 1. The largest absolute Gasteiger partial charge is 0.494 e. The van der Waals surface area contributed by atoms with E-state index < -0.39 is 0 Å². The van der Waals surface area contributed by atoms with Crippen molar-refractivity contribution in [2.24, 2.45) is 0 Å². The van der Waals surface area contributed by atoms with E-state index in [0.717, 1.165) is 10.8 Å². The summed E-state index contributed by atoms with van der Waals surface area (Å²) in [6, 6.07) is 5.57. The molecule has 0 unspecified atom stereocenters. The Morgan fingerprint density at radius 2 is 2.00 bits per heavy atom. The number of fused-ring (bicyclic) bond motifs is 1. The zero-order valence-corrected chi connectivity index (χ0v) is 9.21. The molecule has 0 spiro atoms. The lowest BCUT2D eigenvalue weighted by Gasteiger charge is -2.09. The van der Waals surface area contributed by atoms with Crippen molar-refractivity contribution >= 4 is 22.4 Å². The number of methoxy groups -OCH3 is 2. The predicted molar refractivity (Wildman–Crippen MR) is 59.9 cm³/mol. The van der Waals surface area contributed by atoms with Gasteiger partial charge < -0.3 is 9.47 Å². The molecule has 0 atom stereocenters. The topological polar surface area (TPSA) is 31.4 Å². The molecule has 0 saturated heterocycles. The quantitative estimate of drug-likeness (QED) is 0.785. The fourth-order valence-corrected chi connectivity index (χ4v) is 1.79. The van der Waals surface area contributed by atoms with Crippen molar-refractivity contribution in [3.05, 3.63) is 29.4 Å². The van der Waals surface area contributed by atoms with Crippen LogP contribution in [0.5, 0.6) is 11.6 Å². The summed E-state index contributed by atoms with van der Waals surface area (Å²) in [7, 11) is 3.17. The number of halogens is 1. The van der Waals surface area contributed by atoms with Crippen LogP contribution in [0.4, 0.5) is 0 Å². The van der Waals surface area contributed by atoms with Crippen LogP contribution in [-0.4, -0.2) is 19.2 Å². The van der Waals surface area contributed by atoms with Crippen LogP contribution in [0.1, 0.15) is 0 Å². The van der Waals surface area contributed by atoms with E-state index in [-0.39, 0.29) is 0 Å². The lowest BCUT2D eigenvalue weighted by molar-refractivity contribution is 0.395. The second-order valence-electron chi connectivity index (χ2n) is 3.00. The number of rotatable bonds is 2. The molecule has 2 rings (SSSR count). The van der Waals surface area contributed by atoms with Crippen LogP contribution in [0.3, 0.4) is 0 Å². The van der Waals surface area contributed by atoms with Crippen molar-refractivity contribution in [1.29, 1.82) is 0 Å². The fraction of sp³-hybridized carbons (Fsp3) is 0.182. The molecule has 0 aliphatic carbocycles. The van der Waals surface area contributed by atoms with E-state index in [9.17, 15) is 0 Å². The summed E-state index contributed by atoms with van der Waals surface area (Å²) in [6.07, 6.45) is 1.60. The van der Waals surface area contributed by atoms with Gasteiger partial charge in [0.15, 0.2) is 0 Å². The smallest absolute Gasteiger partial charge is 0.221 e. The van der Waals surface area contributed by atoms with E-state index in [1.165, 1.54) is 0 Å². The minimum Gasteiger partial charge on any atom is -0.494 e. The number of pyridine rings is 1. The molecule has 3 nitrogen and oxygen atoms in total. The molecule has 0 fully saturated rings. The lowest BCUT2D eigenvalue weighted by atomic mass is 10.1. The molecule has 1 heterocycles. The van der Waals surface area contributed by atoms with Gasteiger partial charge in [-0.2, -0.15) is 0 Å². The molecule has 0 radical (unpaired) electrons. The zero-order valence-electron chi connectivity index (χ0n) is 8.45. The van der Waals surface area contributed by atoms with Gasteiger partial charge in [0, 0.05) is 10.8 Å². The van der Waals surface area contributed by atoms with Crippen LogP contribution in [0.15, 0.2) is 24.4 Å². The van der Waals surface area contributed by atoms with E-state index in [0.29, 0.717) is 16.7 Å². The van der Waals surface area contributed by atoms with Gasteiger partial charge in [-0.15, -0.1) is 0 Å². The first kappa shape index (κ1) is 10.1. The first-order chi connectivity index (χ1) is 7.27. The Morgan fingerprint density at radius 3 is 2.67 bits per heavy atom. The predicted octanol–water partition coefficient (Wildman–Crippen LogP) is 2.91. The first-order valence-corrected chi connectivity index (χ1v) is 4.81. The van der Waals surface area contributed by atoms with Crippen LogP contribution >= 0.6 is 11.6 Å². The Bertz CT molecular complexity index is 499. The van der Waals surface area contributed by atoms with Gasteiger partial charge in [0.2, 0.25) is 5.88 Å². The Morgan fingerprint density at radius 1 is 1.20 bits per heavy atom. The normalized spacial score (nSPS) is 10.3. The van der Waals surface area contributed by atoms with Crippen LogP contribution in [0.2, 0.25) is 5.02 Å². The molecule has 0 aliphatic rings. The third-order valence-corrected chi connectivity index (χ3v) is 2.52. The van der Waals surface area contributed by atoms with E-state index in [1.54, 1.807) is 20.4 Å². The van der Waals surface area contributed by atoms with Crippen LogP contribution in [0, 0.1) is 0 Å². The Hall–Kier alpha value is -1.48. The third kappa shape index (κ3) is 1.59. The first-order valence-electron chi connectivity index (χ1n) is 4.43. The maximum absolute atomic E-state index is 6.11. The second-order valence-corrected chi connectivity index (χ2v) is 3.41. The van der Waals surface area contributed by atoms with E-state index in [2.05, 4.69) is 4.98 Å². The molecule has 2 aromatic rings. The minimum atomic E-state index is 0.549. The van der Waals surface area contributed by atoms with Gasteiger partial charge >= 0.3 is 0 Å². The summed E-state index contributed by atoms with van der Waals surface area (Å²) in [5.41, 5.74) is 0. The maximum atomic E-state index is 6.11. The fourth-order valence-electron chi connectivity index (χ4n) is 1.52. The highest BCUT2D eigenvalue weighted by atomic mass is 35.5. The molecule has 4 heteroatoms. The highest BCUT2D eigenvalue weighted by molar-refractivity contribution is 6.36. The summed E-state index contributed by atoms with van der Waals surface area (Å²) in [5, 5.41) is 2.31. The van der Waals surface area contributed by atoms with Crippen molar-refractivity contribution in [3.8, 4) is 11.6 Å². The van der Waals surface area contributed by atoms with Crippen LogP contribution in [-0.2, 0) is 0 Å². The van der Waals surface area contributed by atoms with Gasteiger partial charge in [-0.3, -0.25) is 0 Å². The average molecular weight is 224 g/mol. The monoisotopic (exact) mass is 223 g/mol.